The summed E-state index contributed by atoms with van der Waals surface area (Å²) in [5, 5.41) is 5.26. The lowest BCUT2D eigenvalue weighted by Crippen LogP contribution is -2.20. The third-order valence-corrected chi connectivity index (χ3v) is 4.37. The van der Waals surface area contributed by atoms with Crippen molar-refractivity contribution in [2.45, 2.75) is 19.4 Å². The summed E-state index contributed by atoms with van der Waals surface area (Å²) in [6.07, 6.45) is 2.49. The first-order valence-electron chi connectivity index (χ1n) is 7.54. The van der Waals surface area contributed by atoms with E-state index >= 15 is 0 Å². The van der Waals surface area contributed by atoms with E-state index in [4.69, 9.17) is 4.74 Å². The maximum absolute atomic E-state index is 12.8. The van der Waals surface area contributed by atoms with Gasteiger partial charge in [0, 0.05) is 11.9 Å². The zero-order valence-corrected chi connectivity index (χ0v) is 13.4. The average molecular weight is 335 g/mol. The normalized spacial score (nSPS) is 14.8. The van der Waals surface area contributed by atoms with E-state index in [2.05, 4.69) is 15.2 Å². The number of nitrogens with zero attached hydrogens (tertiary/aromatic N) is 2. The lowest BCUT2D eigenvalue weighted by atomic mass is 10.3. The number of aromatic nitrogens is 1. The fourth-order valence-electron chi connectivity index (χ4n) is 2.44. The number of nitrogens with one attached hydrogen (secondary N) is 1. The van der Waals surface area contributed by atoms with E-state index in [1.807, 2.05) is 5.38 Å². The Kier molecular flexibility index (Phi) is 5.19. The maximum Gasteiger partial charge on any atom is 0.264 e. The summed E-state index contributed by atoms with van der Waals surface area (Å²) in [5.41, 5.74) is 0.978. The minimum atomic E-state index is -0.338. The highest BCUT2D eigenvalue weighted by Crippen LogP contribution is 2.19. The van der Waals surface area contributed by atoms with Crippen LogP contribution >= 0.6 is 11.3 Å². The molecule has 0 radical (unpaired) electrons. The minimum absolute atomic E-state index is 0.132. The van der Waals surface area contributed by atoms with Gasteiger partial charge < -0.3 is 4.74 Å². The van der Waals surface area contributed by atoms with Crippen LogP contribution in [0, 0.1) is 5.82 Å². The number of hydrogen-bond donors (Lipinski definition) is 1. The fraction of sp³-hybridized carbons (Fsp3) is 0.375. The van der Waals surface area contributed by atoms with Crippen LogP contribution in [0.2, 0.25) is 0 Å². The zero-order chi connectivity index (χ0) is 16.1. The largest absolute Gasteiger partial charge is 0.484 e. The molecule has 2 heterocycles. The Hall–Kier alpha value is -1.99. The SMILES string of the molecule is O=C(COc1ccc(F)cc1)Nc1nc(CN2CCCC2)cs1. The van der Waals surface area contributed by atoms with Crippen molar-refractivity contribution >= 4 is 22.4 Å². The molecule has 1 aliphatic rings. The molecule has 1 N–H and O–H groups in total. The molecule has 1 aliphatic heterocycles. The second-order valence-corrected chi connectivity index (χ2v) is 6.28. The number of carbonyl (C=O) groups excluding carboxylic acids is 1. The lowest BCUT2D eigenvalue weighted by Gasteiger charge is -2.11. The molecule has 0 unspecified atom stereocenters. The fourth-order valence-corrected chi connectivity index (χ4v) is 3.16. The number of benzene rings is 1. The average Bonchev–Trinajstić information content (AvgIpc) is 3.19. The second-order valence-electron chi connectivity index (χ2n) is 5.42. The van der Waals surface area contributed by atoms with Crippen molar-refractivity contribution < 1.29 is 13.9 Å². The van der Waals surface area contributed by atoms with Crippen molar-refractivity contribution in [1.29, 1.82) is 0 Å². The number of anilines is 1. The van der Waals surface area contributed by atoms with Crippen molar-refractivity contribution in [2.75, 3.05) is 25.0 Å². The van der Waals surface area contributed by atoms with Crippen molar-refractivity contribution in [3.05, 3.63) is 41.2 Å². The van der Waals surface area contributed by atoms with Gasteiger partial charge in [0.1, 0.15) is 11.6 Å². The molecule has 5 nitrogen and oxygen atoms in total. The number of ether oxygens (including phenoxy) is 1. The van der Waals surface area contributed by atoms with Gasteiger partial charge in [0.15, 0.2) is 11.7 Å². The number of halogens is 1. The Morgan fingerprint density at radius 2 is 2.04 bits per heavy atom. The van der Waals surface area contributed by atoms with Gasteiger partial charge in [-0.05, 0) is 50.2 Å². The quantitative estimate of drug-likeness (QED) is 0.882. The Morgan fingerprint density at radius 1 is 1.30 bits per heavy atom. The predicted octanol–water partition coefficient (Wildman–Crippen LogP) is 2.90. The summed E-state index contributed by atoms with van der Waals surface area (Å²) in [6, 6.07) is 5.55. The lowest BCUT2D eigenvalue weighted by molar-refractivity contribution is -0.118. The van der Waals surface area contributed by atoms with E-state index in [9.17, 15) is 9.18 Å². The van der Waals surface area contributed by atoms with Crippen LogP contribution < -0.4 is 10.1 Å². The van der Waals surface area contributed by atoms with Crippen LogP contribution in [0.15, 0.2) is 29.6 Å². The molecule has 1 fully saturated rings. The van der Waals surface area contributed by atoms with Crippen LogP contribution in [0.1, 0.15) is 18.5 Å². The first-order chi connectivity index (χ1) is 11.2. The minimum Gasteiger partial charge on any atom is -0.484 e. The topological polar surface area (TPSA) is 54.5 Å². The van der Waals surface area contributed by atoms with Gasteiger partial charge in [-0.2, -0.15) is 0 Å². The predicted molar refractivity (Wildman–Crippen MR) is 87.1 cm³/mol. The number of likely N-dealkylation sites (tertiary alicyclic amines) is 1. The van der Waals surface area contributed by atoms with Gasteiger partial charge in [-0.1, -0.05) is 0 Å². The molecule has 3 rings (SSSR count). The van der Waals surface area contributed by atoms with E-state index in [0.29, 0.717) is 10.9 Å². The molecule has 0 aliphatic carbocycles. The zero-order valence-electron chi connectivity index (χ0n) is 12.6. The van der Waals surface area contributed by atoms with Crippen molar-refractivity contribution in [3.63, 3.8) is 0 Å². The van der Waals surface area contributed by atoms with Crippen LogP contribution in [0.4, 0.5) is 9.52 Å². The molecule has 0 bridgehead atoms. The molecule has 1 saturated heterocycles. The third kappa shape index (κ3) is 4.74. The first-order valence-corrected chi connectivity index (χ1v) is 8.42. The Balaban J connectivity index is 1.45. The summed E-state index contributed by atoms with van der Waals surface area (Å²) in [5.74, 6) is -0.165. The van der Waals surface area contributed by atoms with E-state index in [1.165, 1.54) is 48.4 Å². The smallest absolute Gasteiger partial charge is 0.264 e. The summed E-state index contributed by atoms with van der Waals surface area (Å²) >= 11 is 1.41. The molecule has 2 aromatic rings. The van der Waals surface area contributed by atoms with Gasteiger partial charge in [0.25, 0.3) is 5.91 Å². The summed E-state index contributed by atoms with van der Waals surface area (Å²) < 4.78 is 18.1. The molecule has 23 heavy (non-hydrogen) atoms. The van der Waals surface area contributed by atoms with Gasteiger partial charge in [-0.25, -0.2) is 9.37 Å². The van der Waals surface area contributed by atoms with E-state index in [0.717, 1.165) is 25.3 Å². The van der Waals surface area contributed by atoms with Crippen LogP contribution in [0.3, 0.4) is 0 Å². The molecule has 0 spiro atoms. The van der Waals surface area contributed by atoms with Crippen molar-refractivity contribution in [1.82, 2.24) is 9.88 Å². The number of rotatable bonds is 6. The van der Waals surface area contributed by atoms with Gasteiger partial charge in [0.05, 0.1) is 5.69 Å². The van der Waals surface area contributed by atoms with Gasteiger partial charge in [0.2, 0.25) is 0 Å². The molecule has 1 aromatic carbocycles. The van der Waals surface area contributed by atoms with E-state index in [1.54, 1.807) is 0 Å². The summed E-state index contributed by atoms with van der Waals surface area (Å²) in [6.45, 7) is 2.93. The molecular weight excluding hydrogens is 317 g/mol. The highest BCUT2D eigenvalue weighted by atomic mass is 32.1. The highest BCUT2D eigenvalue weighted by Gasteiger charge is 2.14. The van der Waals surface area contributed by atoms with Gasteiger partial charge in [-0.15, -0.1) is 11.3 Å². The molecule has 7 heteroatoms. The van der Waals surface area contributed by atoms with E-state index in [-0.39, 0.29) is 18.3 Å². The van der Waals surface area contributed by atoms with E-state index < -0.39 is 0 Å². The number of thiazole rings is 1. The molecule has 1 aromatic heterocycles. The van der Waals surface area contributed by atoms with Crippen LogP contribution in [-0.2, 0) is 11.3 Å². The van der Waals surface area contributed by atoms with Gasteiger partial charge >= 0.3 is 0 Å². The first kappa shape index (κ1) is 15.9. The standard InChI is InChI=1S/C16H18FN3O2S/c17-12-3-5-14(6-4-12)22-10-15(21)19-16-18-13(11-23-16)9-20-7-1-2-8-20/h3-6,11H,1-2,7-10H2,(H,18,19,21). The molecule has 0 atom stereocenters. The Labute approximate surface area is 138 Å². The molecular formula is C16H18FN3O2S. The van der Waals surface area contributed by atoms with Crippen LogP contribution in [0.5, 0.6) is 5.75 Å². The monoisotopic (exact) mass is 335 g/mol. The number of carbonyl (C=O) groups is 1. The Morgan fingerprint density at radius 3 is 2.78 bits per heavy atom. The molecule has 122 valence electrons. The second kappa shape index (κ2) is 7.52. The Bertz CT molecular complexity index is 654. The molecule has 1 amide bonds. The summed E-state index contributed by atoms with van der Waals surface area (Å²) in [4.78, 5) is 18.6. The van der Waals surface area contributed by atoms with Gasteiger partial charge in [-0.3, -0.25) is 15.0 Å². The molecule has 0 saturated carbocycles. The number of hydrogen-bond acceptors (Lipinski definition) is 5. The van der Waals surface area contributed by atoms with Crippen molar-refractivity contribution in [3.8, 4) is 5.75 Å². The highest BCUT2D eigenvalue weighted by molar-refractivity contribution is 7.13. The number of amides is 1. The maximum atomic E-state index is 12.8. The van der Waals surface area contributed by atoms with Crippen molar-refractivity contribution in [2.24, 2.45) is 0 Å². The summed E-state index contributed by atoms with van der Waals surface area (Å²) in [7, 11) is 0. The van der Waals surface area contributed by atoms with Crippen LogP contribution in [-0.4, -0.2) is 35.5 Å². The van der Waals surface area contributed by atoms with Crippen LogP contribution in [0.25, 0.3) is 0 Å². The third-order valence-electron chi connectivity index (χ3n) is 3.57.